The van der Waals surface area contributed by atoms with Crippen molar-refractivity contribution in [1.82, 2.24) is 10.6 Å². The molecule has 0 fully saturated rings. The highest BCUT2D eigenvalue weighted by atomic mass is 35.5. The molecule has 1 atom stereocenters. The predicted octanol–water partition coefficient (Wildman–Crippen LogP) is 3.58. The van der Waals surface area contributed by atoms with Gasteiger partial charge < -0.3 is 15.1 Å². The monoisotopic (exact) mass is 362 g/mol. The van der Waals surface area contributed by atoms with Gasteiger partial charge in [-0.25, -0.2) is 0 Å². The van der Waals surface area contributed by atoms with Gasteiger partial charge in [0.1, 0.15) is 5.76 Å². The third-order valence-corrected chi connectivity index (χ3v) is 4.04. The highest BCUT2D eigenvalue weighted by molar-refractivity contribution is 6.30. The largest absolute Gasteiger partial charge is 0.469 e. The highest BCUT2D eigenvalue weighted by Crippen LogP contribution is 2.09. The summed E-state index contributed by atoms with van der Waals surface area (Å²) in [5.74, 6) is 0.752. The summed E-state index contributed by atoms with van der Waals surface area (Å²) in [6, 6.07) is 10.6. The molecular weight excluding hydrogens is 340 g/mol. The molecule has 0 aliphatic rings. The van der Waals surface area contributed by atoms with Crippen LogP contribution in [0.3, 0.4) is 0 Å². The molecule has 1 aromatic carbocycles. The summed E-state index contributed by atoms with van der Waals surface area (Å²) in [5, 5.41) is 6.35. The van der Waals surface area contributed by atoms with Gasteiger partial charge in [0, 0.05) is 36.0 Å². The summed E-state index contributed by atoms with van der Waals surface area (Å²) >= 11 is 5.79. The number of carbonyl (C=O) groups excluding carboxylic acids is 2. The number of hydrogen-bond acceptors (Lipinski definition) is 3. The van der Waals surface area contributed by atoms with E-state index in [0.717, 1.165) is 18.6 Å². The quantitative estimate of drug-likeness (QED) is 0.670. The van der Waals surface area contributed by atoms with Crippen molar-refractivity contribution in [1.29, 1.82) is 0 Å². The zero-order valence-corrected chi connectivity index (χ0v) is 15.0. The van der Waals surface area contributed by atoms with E-state index in [2.05, 4.69) is 10.6 Å². The zero-order chi connectivity index (χ0) is 18.1. The van der Waals surface area contributed by atoms with E-state index in [1.54, 1.807) is 30.5 Å². The molecule has 134 valence electrons. The molecule has 25 heavy (non-hydrogen) atoms. The first kappa shape index (κ1) is 19.1. The highest BCUT2D eigenvalue weighted by Gasteiger charge is 2.09. The van der Waals surface area contributed by atoms with E-state index in [9.17, 15) is 9.59 Å². The minimum absolute atomic E-state index is 0.00677. The molecule has 0 aliphatic carbocycles. The van der Waals surface area contributed by atoms with Crippen molar-refractivity contribution >= 4 is 23.4 Å². The Morgan fingerprint density at radius 1 is 1.20 bits per heavy atom. The Labute approximate surface area is 152 Å². The average molecular weight is 363 g/mol. The van der Waals surface area contributed by atoms with E-state index in [4.69, 9.17) is 16.0 Å². The Balaban J connectivity index is 1.58. The van der Waals surface area contributed by atoms with Crippen LogP contribution in [0.15, 0.2) is 47.1 Å². The lowest BCUT2D eigenvalue weighted by molar-refractivity contribution is -0.121. The van der Waals surface area contributed by atoms with E-state index >= 15 is 0 Å². The minimum atomic E-state index is -0.163. The lowest BCUT2D eigenvalue weighted by Crippen LogP contribution is -2.33. The van der Waals surface area contributed by atoms with E-state index in [-0.39, 0.29) is 17.9 Å². The Kier molecular flexibility index (Phi) is 7.54. The molecule has 0 radical (unpaired) electrons. The Hall–Kier alpha value is -2.27. The summed E-state index contributed by atoms with van der Waals surface area (Å²) < 4.78 is 5.27. The van der Waals surface area contributed by atoms with E-state index < -0.39 is 0 Å². The van der Waals surface area contributed by atoms with Crippen LogP contribution in [-0.4, -0.2) is 24.4 Å². The second-order valence-corrected chi connectivity index (χ2v) is 6.39. The van der Waals surface area contributed by atoms with Crippen LogP contribution < -0.4 is 10.6 Å². The van der Waals surface area contributed by atoms with E-state index in [1.807, 2.05) is 19.1 Å². The summed E-state index contributed by atoms with van der Waals surface area (Å²) in [4.78, 5) is 23.8. The summed E-state index contributed by atoms with van der Waals surface area (Å²) in [6.45, 7) is 2.43. The van der Waals surface area contributed by atoms with Crippen LogP contribution in [0.5, 0.6) is 0 Å². The van der Waals surface area contributed by atoms with Crippen LogP contribution in [0.4, 0.5) is 0 Å². The van der Waals surface area contributed by atoms with Crippen LogP contribution in [0.1, 0.15) is 42.3 Å². The van der Waals surface area contributed by atoms with Gasteiger partial charge in [-0.3, -0.25) is 9.59 Å². The SMILES string of the molecule is CC(CCc1ccco1)NC(=O)CCCNC(=O)c1ccc(Cl)cc1. The molecular formula is C19H23ClN2O3. The molecule has 2 N–H and O–H groups in total. The van der Waals surface area contributed by atoms with Gasteiger partial charge in [0.2, 0.25) is 5.91 Å². The number of amides is 2. The van der Waals surface area contributed by atoms with Crippen LogP contribution in [0.2, 0.25) is 5.02 Å². The Morgan fingerprint density at radius 2 is 1.96 bits per heavy atom. The number of halogens is 1. The topological polar surface area (TPSA) is 71.3 Å². The summed E-state index contributed by atoms with van der Waals surface area (Å²) in [5.41, 5.74) is 0.556. The van der Waals surface area contributed by atoms with Crippen LogP contribution in [0.25, 0.3) is 0 Å². The molecule has 1 aromatic heterocycles. The molecule has 0 spiro atoms. The molecule has 0 saturated heterocycles. The van der Waals surface area contributed by atoms with E-state index in [0.29, 0.717) is 30.0 Å². The Bertz CT molecular complexity index is 668. The van der Waals surface area contributed by atoms with Crippen molar-refractivity contribution < 1.29 is 14.0 Å². The molecule has 2 aromatic rings. The standard InChI is InChI=1S/C19H23ClN2O3/c1-14(6-11-17-4-3-13-25-17)22-18(23)5-2-12-21-19(24)15-7-9-16(20)10-8-15/h3-4,7-10,13-14H,2,5-6,11-12H2,1H3,(H,21,24)(H,22,23). The van der Waals surface area contributed by atoms with Crippen molar-refractivity contribution in [2.45, 2.75) is 38.6 Å². The molecule has 1 unspecified atom stereocenters. The van der Waals surface area contributed by atoms with Crippen molar-refractivity contribution in [3.63, 3.8) is 0 Å². The third-order valence-electron chi connectivity index (χ3n) is 3.78. The molecule has 2 rings (SSSR count). The van der Waals surface area contributed by atoms with Gasteiger partial charge >= 0.3 is 0 Å². The van der Waals surface area contributed by atoms with Gasteiger partial charge in [-0.1, -0.05) is 11.6 Å². The summed E-state index contributed by atoms with van der Waals surface area (Å²) in [7, 11) is 0. The second-order valence-electron chi connectivity index (χ2n) is 5.95. The maximum absolute atomic E-state index is 11.9. The number of hydrogen-bond donors (Lipinski definition) is 2. The maximum atomic E-state index is 11.9. The lowest BCUT2D eigenvalue weighted by atomic mass is 10.1. The van der Waals surface area contributed by atoms with Gasteiger partial charge in [0.25, 0.3) is 5.91 Å². The van der Waals surface area contributed by atoms with Crippen LogP contribution in [-0.2, 0) is 11.2 Å². The second kappa shape index (κ2) is 9.89. The first-order valence-corrected chi connectivity index (χ1v) is 8.78. The first-order chi connectivity index (χ1) is 12.0. The Morgan fingerprint density at radius 3 is 2.64 bits per heavy atom. The van der Waals surface area contributed by atoms with Crippen LogP contribution >= 0.6 is 11.6 Å². The smallest absolute Gasteiger partial charge is 0.251 e. The first-order valence-electron chi connectivity index (χ1n) is 8.40. The normalized spacial score (nSPS) is 11.8. The number of aryl methyl sites for hydroxylation is 1. The van der Waals surface area contributed by atoms with Crippen molar-refractivity contribution in [2.24, 2.45) is 0 Å². The zero-order valence-electron chi connectivity index (χ0n) is 14.3. The number of benzene rings is 1. The fourth-order valence-corrected chi connectivity index (χ4v) is 2.51. The van der Waals surface area contributed by atoms with Gasteiger partial charge in [-0.05, 0) is 56.2 Å². The number of carbonyl (C=O) groups is 2. The lowest BCUT2D eigenvalue weighted by Gasteiger charge is -2.13. The molecule has 0 saturated carbocycles. The minimum Gasteiger partial charge on any atom is -0.469 e. The molecule has 5 nitrogen and oxygen atoms in total. The summed E-state index contributed by atoms with van der Waals surface area (Å²) in [6.07, 6.45) is 4.25. The van der Waals surface area contributed by atoms with E-state index in [1.165, 1.54) is 0 Å². The molecule has 0 aliphatic heterocycles. The van der Waals surface area contributed by atoms with Crippen LogP contribution in [0, 0.1) is 0 Å². The fraction of sp³-hybridized carbons (Fsp3) is 0.368. The number of nitrogens with one attached hydrogen (secondary N) is 2. The number of rotatable bonds is 9. The fourth-order valence-electron chi connectivity index (χ4n) is 2.39. The molecule has 1 heterocycles. The van der Waals surface area contributed by atoms with Crippen molar-refractivity contribution in [3.8, 4) is 0 Å². The van der Waals surface area contributed by atoms with Gasteiger partial charge in [-0.2, -0.15) is 0 Å². The number of furan rings is 1. The molecule has 6 heteroatoms. The molecule has 0 bridgehead atoms. The van der Waals surface area contributed by atoms with Crippen molar-refractivity contribution in [3.05, 3.63) is 59.0 Å². The van der Waals surface area contributed by atoms with Gasteiger partial charge in [0.15, 0.2) is 0 Å². The average Bonchev–Trinajstić information content (AvgIpc) is 3.11. The van der Waals surface area contributed by atoms with Crippen molar-refractivity contribution in [2.75, 3.05) is 6.54 Å². The van der Waals surface area contributed by atoms with Gasteiger partial charge in [0.05, 0.1) is 6.26 Å². The molecule has 2 amide bonds. The van der Waals surface area contributed by atoms with Gasteiger partial charge in [-0.15, -0.1) is 0 Å². The predicted molar refractivity (Wildman–Crippen MR) is 97.7 cm³/mol. The maximum Gasteiger partial charge on any atom is 0.251 e. The third kappa shape index (κ3) is 7.01.